The number of fused-ring (bicyclic) bond motifs is 1. The minimum Gasteiger partial charge on any atom is -0.497 e. The van der Waals surface area contributed by atoms with Gasteiger partial charge in [0.2, 0.25) is 0 Å². The van der Waals surface area contributed by atoms with Crippen molar-refractivity contribution in [2.75, 3.05) is 32.5 Å². The predicted molar refractivity (Wildman–Crippen MR) is 144 cm³/mol. The normalized spacial score (nSPS) is 16.1. The lowest BCUT2D eigenvalue weighted by atomic mass is 9.95. The number of nitrogens with zero attached hydrogens (tertiary/aromatic N) is 2. The Morgan fingerprint density at radius 3 is 2.46 bits per heavy atom. The predicted octanol–water partition coefficient (Wildman–Crippen LogP) is 6.22. The number of anilines is 1. The third-order valence-corrected chi connectivity index (χ3v) is 6.75. The molecule has 208 valence electrons. The molecule has 11 heteroatoms. The van der Waals surface area contributed by atoms with Crippen LogP contribution in [0.2, 0.25) is 5.02 Å². The van der Waals surface area contributed by atoms with Gasteiger partial charge in [-0.1, -0.05) is 35.9 Å². The van der Waals surface area contributed by atoms with Crippen molar-refractivity contribution in [1.29, 1.82) is 0 Å². The van der Waals surface area contributed by atoms with Crippen molar-refractivity contribution in [3.05, 3.63) is 58.9 Å². The summed E-state index contributed by atoms with van der Waals surface area (Å²) in [5.41, 5.74) is 4.77. The van der Waals surface area contributed by atoms with Crippen LogP contribution in [0.4, 0.5) is 23.7 Å². The minimum absolute atomic E-state index is 0.0408. The van der Waals surface area contributed by atoms with Crippen LogP contribution >= 0.6 is 11.6 Å². The maximum absolute atomic E-state index is 15.8. The lowest BCUT2D eigenvalue weighted by molar-refractivity contribution is -0.0282. The largest absolute Gasteiger partial charge is 0.497 e. The summed E-state index contributed by atoms with van der Waals surface area (Å²) in [5, 5.41) is 1.32. The van der Waals surface area contributed by atoms with Gasteiger partial charge in [0.1, 0.15) is 17.4 Å². The molecular formula is C28H29ClF3N3O4. The highest BCUT2D eigenvalue weighted by Crippen LogP contribution is 2.41. The summed E-state index contributed by atoms with van der Waals surface area (Å²) >= 11 is 6.52. The van der Waals surface area contributed by atoms with Crippen LogP contribution in [-0.4, -0.2) is 66.6 Å². The topological polar surface area (TPSA) is 85.1 Å². The molecule has 2 amide bonds. The molecule has 1 aliphatic rings. The average Bonchev–Trinajstić information content (AvgIpc) is 2.88. The highest BCUT2D eigenvalue weighted by Gasteiger charge is 2.40. The van der Waals surface area contributed by atoms with E-state index in [0.717, 1.165) is 15.2 Å². The Balaban J connectivity index is 1.70. The summed E-state index contributed by atoms with van der Waals surface area (Å²) in [7, 11) is 1.48. The second-order valence-corrected chi connectivity index (χ2v) is 10.6. The summed E-state index contributed by atoms with van der Waals surface area (Å²) in [6.45, 7) is 4.25. The van der Waals surface area contributed by atoms with Crippen molar-refractivity contribution in [2.24, 2.45) is 0 Å². The number of halogens is 4. The van der Waals surface area contributed by atoms with Crippen LogP contribution in [0.5, 0.6) is 5.75 Å². The lowest BCUT2D eigenvalue weighted by Crippen LogP contribution is -2.59. The van der Waals surface area contributed by atoms with Gasteiger partial charge in [-0.15, -0.1) is 0 Å². The molecule has 0 saturated carbocycles. The fourth-order valence-electron chi connectivity index (χ4n) is 4.59. The Labute approximate surface area is 229 Å². The van der Waals surface area contributed by atoms with E-state index in [-0.39, 0.29) is 29.2 Å². The molecule has 0 unspecified atom stereocenters. The zero-order valence-corrected chi connectivity index (χ0v) is 22.7. The number of nitrogen functional groups attached to an aromatic ring is 1. The number of hydrogen-bond donors (Lipinski definition) is 1. The number of carbonyl (C=O) groups is 2. The molecule has 2 N–H and O–H groups in total. The van der Waals surface area contributed by atoms with Gasteiger partial charge in [-0.2, -0.15) is 0 Å². The van der Waals surface area contributed by atoms with Gasteiger partial charge in [-0.3, -0.25) is 4.79 Å². The molecule has 1 fully saturated rings. The number of nitrogens with two attached hydrogens (primary N) is 1. The van der Waals surface area contributed by atoms with E-state index < -0.39 is 48.1 Å². The van der Waals surface area contributed by atoms with Crippen LogP contribution in [0.15, 0.2) is 42.5 Å². The van der Waals surface area contributed by atoms with E-state index in [0.29, 0.717) is 16.7 Å². The van der Waals surface area contributed by atoms with Crippen LogP contribution < -0.4 is 10.5 Å². The summed E-state index contributed by atoms with van der Waals surface area (Å²) in [6, 6.07) is 10.1. The van der Waals surface area contributed by atoms with E-state index in [1.807, 2.05) is 12.1 Å². The molecular weight excluding hydrogens is 535 g/mol. The molecule has 39 heavy (non-hydrogen) atoms. The van der Waals surface area contributed by atoms with Crippen LogP contribution in [0.3, 0.4) is 0 Å². The number of benzene rings is 3. The third kappa shape index (κ3) is 5.71. The molecule has 0 bridgehead atoms. The molecule has 3 aromatic rings. The number of rotatable bonds is 4. The van der Waals surface area contributed by atoms with Crippen LogP contribution in [0.25, 0.3) is 21.9 Å². The number of hydrogen-bond acceptors (Lipinski definition) is 5. The first kappa shape index (κ1) is 28.4. The molecule has 1 atom stereocenters. The molecule has 0 spiro atoms. The summed E-state index contributed by atoms with van der Waals surface area (Å²) in [6.07, 6.45) is -3.74. The van der Waals surface area contributed by atoms with Gasteiger partial charge in [0.05, 0.1) is 29.9 Å². The second-order valence-electron chi connectivity index (χ2n) is 10.2. The molecule has 1 heterocycles. The van der Waals surface area contributed by atoms with Crippen molar-refractivity contribution in [3.63, 3.8) is 0 Å². The Bertz CT molecular complexity index is 1430. The molecule has 3 aromatic carbocycles. The number of piperazine rings is 1. The zero-order chi connectivity index (χ0) is 28.6. The van der Waals surface area contributed by atoms with Gasteiger partial charge in [0.15, 0.2) is 5.82 Å². The Hall–Kier alpha value is -3.66. The van der Waals surface area contributed by atoms with E-state index >= 15 is 4.39 Å². The molecule has 0 radical (unpaired) electrons. The van der Waals surface area contributed by atoms with Gasteiger partial charge in [0.25, 0.3) is 12.3 Å². The number of methoxy groups -OCH3 is 1. The molecule has 7 nitrogen and oxygen atoms in total. The summed E-state index contributed by atoms with van der Waals surface area (Å²) in [5.74, 6) is -1.41. The average molecular weight is 564 g/mol. The van der Waals surface area contributed by atoms with Crippen LogP contribution in [0, 0.1) is 5.82 Å². The first-order valence-corrected chi connectivity index (χ1v) is 12.6. The maximum Gasteiger partial charge on any atom is 0.410 e. The first-order valence-electron chi connectivity index (χ1n) is 12.2. The van der Waals surface area contributed by atoms with E-state index in [1.54, 1.807) is 45.0 Å². The van der Waals surface area contributed by atoms with E-state index in [9.17, 15) is 18.4 Å². The standard InChI is InChI=1S/C28H29ClF3N3O4/c1-28(2,3)39-27(37)34-9-10-35(21(14-34)25(31)32)26(36)19-13-20(29)22(23(30)24(19)33)18-12-16(38-4)11-15-7-5-6-8-17(15)18/h5-8,11-13,21,25H,9-10,14,33H2,1-4H3/t21-/m0/s1. The Morgan fingerprint density at radius 2 is 1.82 bits per heavy atom. The number of amides is 2. The van der Waals surface area contributed by atoms with Gasteiger partial charge in [-0.25, -0.2) is 18.0 Å². The molecule has 0 aromatic heterocycles. The smallest absolute Gasteiger partial charge is 0.410 e. The quantitative estimate of drug-likeness (QED) is 0.381. The molecule has 1 aliphatic heterocycles. The van der Waals surface area contributed by atoms with E-state index in [4.69, 9.17) is 26.8 Å². The molecule has 1 saturated heterocycles. The van der Waals surface area contributed by atoms with Gasteiger partial charge in [-0.05, 0) is 55.3 Å². The maximum atomic E-state index is 15.8. The van der Waals surface area contributed by atoms with Crippen molar-refractivity contribution in [3.8, 4) is 16.9 Å². The van der Waals surface area contributed by atoms with Gasteiger partial charge in [0, 0.05) is 18.7 Å². The highest BCUT2D eigenvalue weighted by molar-refractivity contribution is 6.34. The van der Waals surface area contributed by atoms with Crippen molar-refractivity contribution in [1.82, 2.24) is 9.80 Å². The van der Waals surface area contributed by atoms with Gasteiger partial charge < -0.3 is 25.0 Å². The SMILES string of the molecule is COc1cc(-c2c(Cl)cc(C(=O)N3CCN(C(=O)OC(C)(C)C)C[C@H]3C(F)F)c(N)c2F)c2ccccc2c1. The van der Waals surface area contributed by atoms with E-state index in [2.05, 4.69) is 0 Å². The monoisotopic (exact) mass is 563 g/mol. The van der Waals surface area contributed by atoms with Crippen molar-refractivity contribution < 1.29 is 32.2 Å². The lowest BCUT2D eigenvalue weighted by Gasteiger charge is -2.41. The molecule has 4 rings (SSSR count). The zero-order valence-electron chi connectivity index (χ0n) is 21.9. The fraction of sp³-hybridized carbons (Fsp3) is 0.357. The van der Waals surface area contributed by atoms with E-state index in [1.165, 1.54) is 13.2 Å². The Kier molecular flexibility index (Phi) is 7.88. The van der Waals surface area contributed by atoms with Crippen LogP contribution in [-0.2, 0) is 4.74 Å². The first-order chi connectivity index (χ1) is 18.3. The van der Waals surface area contributed by atoms with Crippen molar-refractivity contribution >= 4 is 40.1 Å². The molecule has 0 aliphatic carbocycles. The van der Waals surface area contributed by atoms with Crippen molar-refractivity contribution in [2.45, 2.75) is 38.8 Å². The second kappa shape index (κ2) is 10.8. The number of carbonyl (C=O) groups excluding carboxylic acids is 2. The number of alkyl halides is 2. The summed E-state index contributed by atoms with van der Waals surface area (Å²) < 4.78 is 54.6. The fourth-order valence-corrected chi connectivity index (χ4v) is 4.88. The minimum atomic E-state index is -2.98. The highest BCUT2D eigenvalue weighted by atomic mass is 35.5. The number of ether oxygens (including phenoxy) is 2. The summed E-state index contributed by atoms with van der Waals surface area (Å²) in [4.78, 5) is 27.9. The third-order valence-electron chi connectivity index (χ3n) is 6.45. The van der Waals surface area contributed by atoms with Gasteiger partial charge >= 0.3 is 6.09 Å². The van der Waals surface area contributed by atoms with Crippen LogP contribution in [0.1, 0.15) is 31.1 Å². The Morgan fingerprint density at radius 1 is 1.13 bits per heavy atom.